The van der Waals surface area contributed by atoms with Gasteiger partial charge in [-0.25, -0.2) is 4.79 Å². The SMILES string of the molecule is CCCC1(C)C(=O)CCC1C1CCc2cc(OC(=O)N3CCC(N(C)C)CC3)c(C)cc2C1. The van der Waals surface area contributed by atoms with Gasteiger partial charge in [-0.3, -0.25) is 4.79 Å². The Hall–Kier alpha value is -1.88. The van der Waals surface area contributed by atoms with Gasteiger partial charge in [0.2, 0.25) is 0 Å². The number of carbonyl (C=O) groups is 2. The van der Waals surface area contributed by atoms with Crippen molar-refractivity contribution in [3.05, 3.63) is 28.8 Å². The second kappa shape index (κ2) is 9.77. The summed E-state index contributed by atoms with van der Waals surface area (Å²) in [6.45, 7) is 7.97. The van der Waals surface area contributed by atoms with E-state index in [0.29, 0.717) is 29.4 Å². The number of aryl methyl sites for hydroxylation is 2. The second-order valence-electron chi connectivity index (χ2n) is 11.2. The predicted octanol–water partition coefficient (Wildman–Crippen LogP) is 5.41. The molecule has 3 atom stereocenters. The van der Waals surface area contributed by atoms with E-state index in [-0.39, 0.29) is 11.5 Å². The van der Waals surface area contributed by atoms with Gasteiger partial charge in [0.05, 0.1) is 0 Å². The number of nitrogens with zero attached hydrogens (tertiary/aromatic N) is 2. The van der Waals surface area contributed by atoms with Crippen molar-refractivity contribution >= 4 is 11.9 Å². The van der Waals surface area contributed by atoms with Crippen LogP contribution in [0.15, 0.2) is 12.1 Å². The van der Waals surface area contributed by atoms with Crippen LogP contribution in [0.4, 0.5) is 4.79 Å². The molecule has 0 aromatic heterocycles. The summed E-state index contributed by atoms with van der Waals surface area (Å²) in [5.41, 5.74) is 3.59. The van der Waals surface area contributed by atoms with E-state index in [9.17, 15) is 9.59 Å². The Morgan fingerprint density at radius 1 is 1.12 bits per heavy atom. The van der Waals surface area contributed by atoms with Crippen LogP contribution in [0.5, 0.6) is 5.75 Å². The van der Waals surface area contributed by atoms with E-state index in [1.54, 1.807) is 0 Å². The molecule has 33 heavy (non-hydrogen) atoms. The summed E-state index contributed by atoms with van der Waals surface area (Å²) >= 11 is 0. The Kier molecular flexibility index (Phi) is 7.18. The average Bonchev–Trinajstić information content (AvgIpc) is 3.08. The third kappa shape index (κ3) is 4.84. The van der Waals surface area contributed by atoms with Crippen LogP contribution in [0.1, 0.15) is 75.5 Å². The first-order valence-corrected chi connectivity index (χ1v) is 13.0. The normalized spacial score (nSPS) is 28.3. The molecule has 4 rings (SSSR count). The zero-order valence-corrected chi connectivity index (χ0v) is 21.3. The molecule has 1 amide bonds. The third-order valence-corrected chi connectivity index (χ3v) is 8.89. The molecule has 1 aromatic rings. The highest BCUT2D eigenvalue weighted by Crippen LogP contribution is 2.50. The number of likely N-dealkylation sites (tertiary alicyclic amines) is 1. The number of benzene rings is 1. The van der Waals surface area contributed by atoms with Crippen LogP contribution in [0, 0.1) is 24.2 Å². The summed E-state index contributed by atoms with van der Waals surface area (Å²) in [4.78, 5) is 29.6. The molecule has 0 spiro atoms. The van der Waals surface area contributed by atoms with Crippen molar-refractivity contribution in [3.8, 4) is 5.75 Å². The first-order chi connectivity index (χ1) is 15.7. The molecule has 1 aromatic carbocycles. The van der Waals surface area contributed by atoms with Crippen molar-refractivity contribution in [1.29, 1.82) is 0 Å². The molecule has 5 nitrogen and oxygen atoms in total. The van der Waals surface area contributed by atoms with Crippen LogP contribution in [-0.4, -0.2) is 54.9 Å². The number of rotatable bonds is 5. The summed E-state index contributed by atoms with van der Waals surface area (Å²) in [5.74, 6) is 2.26. The van der Waals surface area contributed by atoms with E-state index >= 15 is 0 Å². The van der Waals surface area contributed by atoms with E-state index in [4.69, 9.17) is 4.74 Å². The lowest BCUT2D eigenvalue weighted by Gasteiger charge is -2.38. The van der Waals surface area contributed by atoms with E-state index in [2.05, 4.69) is 45.0 Å². The molecule has 1 saturated carbocycles. The molecule has 3 aliphatic rings. The van der Waals surface area contributed by atoms with Crippen LogP contribution in [0.25, 0.3) is 0 Å². The van der Waals surface area contributed by atoms with Gasteiger partial charge in [-0.15, -0.1) is 0 Å². The van der Waals surface area contributed by atoms with Gasteiger partial charge in [-0.1, -0.05) is 26.3 Å². The molecule has 1 saturated heterocycles. The highest BCUT2D eigenvalue weighted by atomic mass is 16.6. The van der Waals surface area contributed by atoms with Crippen molar-refractivity contribution in [2.24, 2.45) is 17.3 Å². The smallest absolute Gasteiger partial charge is 0.410 e. The summed E-state index contributed by atoms with van der Waals surface area (Å²) in [7, 11) is 4.21. The number of fused-ring (bicyclic) bond motifs is 1. The van der Waals surface area contributed by atoms with Crippen LogP contribution in [0.3, 0.4) is 0 Å². The lowest BCUT2D eigenvalue weighted by atomic mass is 9.65. The van der Waals surface area contributed by atoms with Crippen molar-refractivity contribution in [2.75, 3.05) is 27.2 Å². The van der Waals surface area contributed by atoms with E-state index < -0.39 is 0 Å². The number of amides is 1. The number of hydrogen-bond acceptors (Lipinski definition) is 4. The van der Waals surface area contributed by atoms with E-state index in [0.717, 1.165) is 76.4 Å². The van der Waals surface area contributed by atoms with Crippen LogP contribution in [-0.2, 0) is 17.6 Å². The lowest BCUT2D eigenvalue weighted by molar-refractivity contribution is -0.127. The summed E-state index contributed by atoms with van der Waals surface area (Å²) < 4.78 is 5.88. The van der Waals surface area contributed by atoms with E-state index in [1.807, 2.05) is 11.8 Å². The largest absolute Gasteiger partial charge is 0.415 e. The summed E-state index contributed by atoms with van der Waals surface area (Å²) in [6, 6.07) is 4.88. The van der Waals surface area contributed by atoms with Gasteiger partial charge in [0, 0.05) is 31.0 Å². The standard InChI is InChI=1S/C28H42N2O3/c1-6-13-28(3)24(9-10-26(28)31)21-8-7-20-18-25(19(2)16-22(20)17-21)33-27(32)30-14-11-23(12-15-30)29(4)5/h16,18,21,23-24H,6-15,17H2,1-5H3. The first kappa shape index (κ1) is 24.3. The Bertz CT molecular complexity index is 887. The minimum absolute atomic E-state index is 0.137. The molecule has 3 unspecified atom stereocenters. The zero-order chi connectivity index (χ0) is 23.8. The van der Waals surface area contributed by atoms with Gasteiger partial charge < -0.3 is 14.5 Å². The molecule has 2 fully saturated rings. The molecule has 1 aliphatic heterocycles. The number of hydrogen-bond donors (Lipinski definition) is 0. The third-order valence-electron chi connectivity index (χ3n) is 8.89. The fraction of sp³-hybridized carbons (Fsp3) is 0.714. The Morgan fingerprint density at radius 3 is 2.52 bits per heavy atom. The molecule has 1 heterocycles. The fourth-order valence-corrected chi connectivity index (χ4v) is 6.81. The highest BCUT2D eigenvalue weighted by Gasteiger charge is 2.48. The van der Waals surface area contributed by atoms with Gasteiger partial charge in [-0.2, -0.15) is 0 Å². The van der Waals surface area contributed by atoms with Crippen molar-refractivity contribution < 1.29 is 14.3 Å². The molecule has 0 radical (unpaired) electrons. The summed E-state index contributed by atoms with van der Waals surface area (Å²) in [6.07, 6.45) is 8.83. The van der Waals surface area contributed by atoms with Crippen molar-refractivity contribution in [3.63, 3.8) is 0 Å². The second-order valence-corrected chi connectivity index (χ2v) is 11.2. The molecule has 0 bridgehead atoms. The maximum Gasteiger partial charge on any atom is 0.415 e. The average molecular weight is 455 g/mol. The van der Waals surface area contributed by atoms with E-state index in [1.165, 1.54) is 11.1 Å². The van der Waals surface area contributed by atoms with Crippen LogP contribution >= 0.6 is 0 Å². The predicted molar refractivity (Wildman–Crippen MR) is 132 cm³/mol. The zero-order valence-electron chi connectivity index (χ0n) is 21.3. The Balaban J connectivity index is 1.42. The molecular formula is C28H42N2O3. The maximum atomic E-state index is 12.8. The van der Waals surface area contributed by atoms with Gasteiger partial charge in [0.25, 0.3) is 0 Å². The monoisotopic (exact) mass is 454 g/mol. The molecule has 0 N–H and O–H groups in total. The Morgan fingerprint density at radius 2 is 1.85 bits per heavy atom. The number of ether oxygens (including phenoxy) is 1. The maximum absolute atomic E-state index is 12.8. The van der Waals surface area contributed by atoms with Gasteiger partial charge in [0.1, 0.15) is 11.5 Å². The first-order valence-electron chi connectivity index (χ1n) is 13.0. The Labute approximate surface area is 199 Å². The van der Waals surface area contributed by atoms with Gasteiger partial charge in [0.15, 0.2) is 0 Å². The van der Waals surface area contributed by atoms with Crippen LogP contribution in [0.2, 0.25) is 0 Å². The summed E-state index contributed by atoms with van der Waals surface area (Å²) in [5, 5.41) is 0. The highest BCUT2D eigenvalue weighted by molar-refractivity contribution is 5.87. The van der Waals surface area contributed by atoms with Gasteiger partial charge >= 0.3 is 6.09 Å². The number of Topliss-reactive ketones (excluding diaryl/α,β-unsaturated/α-hetero) is 1. The fourth-order valence-electron chi connectivity index (χ4n) is 6.81. The minimum Gasteiger partial charge on any atom is -0.410 e. The number of carbonyl (C=O) groups excluding carboxylic acids is 2. The number of piperidine rings is 1. The minimum atomic E-state index is -0.219. The van der Waals surface area contributed by atoms with Crippen molar-refractivity contribution in [2.45, 2.75) is 84.6 Å². The van der Waals surface area contributed by atoms with Crippen molar-refractivity contribution in [1.82, 2.24) is 9.80 Å². The lowest BCUT2D eigenvalue weighted by Crippen LogP contribution is -2.45. The molecule has 2 aliphatic carbocycles. The van der Waals surface area contributed by atoms with Gasteiger partial charge in [-0.05, 0) is 101 Å². The quantitative estimate of drug-likeness (QED) is 0.597. The van der Waals surface area contributed by atoms with Crippen LogP contribution < -0.4 is 4.74 Å². The number of ketones is 1. The molecule has 5 heteroatoms. The topological polar surface area (TPSA) is 49.9 Å². The molecular weight excluding hydrogens is 412 g/mol. The molecule has 182 valence electrons.